The fraction of sp³-hybridized carbons (Fsp3) is 0.143. The number of rotatable bonds is 0. The standard InChI is InChI=1S/C7H4ClF3IN/c8-5-4(12)2-1-3(6(5)13)7(9,10)11/h1-2H,13H2. The van der Waals surface area contributed by atoms with Gasteiger partial charge in [0.2, 0.25) is 0 Å². The number of alkyl halides is 3. The first-order valence-electron chi connectivity index (χ1n) is 3.14. The fourth-order valence-corrected chi connectivity index (χ4v) is 1.45. The minimum absolute atomic E-state index is 0.0459. The van der Waals surface area contributed by atoms with Gasteiger partial charge in [-0.15, -0.1) is 0 Å². The number of benzene rings is 1. The molecule has 72 valence electrons. The van der Waals surface area contributed by atoms with Gasteiger partial charge in [-0.25, -0.2) is 0 Å². The number of hydrogen-bond acceptors (Lipinski definition) is 1. The van der Waals surface area contributed by atoms with Gasteiger partial charge in [0.1, 0.15) is 0 Å². The minimum Gasteiger partial charge on any atom is -0.397 e. The molecule has 0 aromatic heterocycles. The molecule has 0 aliphatic heterocycles. The average Bonchev–Trinajstić information content (AvgIpc) is 1.98. The van der Waals surface area contributed by atoms with Gasteiger partial charge < -0.3 is 5.73 Å². The van der Waals surface area contributed by atoms with Crippen LogP contribution in [-0.4, -0.2) is 0 Å². The summed E-state index contributed by atoms with van der Waals surface area (Å²) in [6.07, 6.45) is -4.45. The van der Waals surface area contributed by atoms with Gasteiger partial charge in [0, 0.05) is 3.57 Å². The molecule has 1 nitrogen and oxygen atoms in total. The Hall–Kier alpha value is -0.170. The van der Waals surface area contributed by atoms with E-state index in [-0.39, 0.29) is 5.02 Å². The maximum Gasteiger partial charge on any atom is 0.418 e. The summed E-state index contributed by atoms with van der Waals surface area (Å²) in [6, 6.07) is 2.20. The van der Waals surface area contributed by atoms with Crippen LogP contribution >= 0.6 is 34.2 Å². The van der Waals surface area contributed by atoms with Gasteiger partial charge in [0.15, 0.2) is 0 Å². The van der Waals surface area contributed by atoms with Crippen LogP contribution < -0.4 is 5.73 Å². The van der Waals surface area contributed by atoms with Crippen molar-refractivity contribution >= 4 is 39.9 Å². The van der Waals surface area contributed by atoms with Crippen molar-refractivity contribution in [1.82, 2.24) is 0 Å². The van der Waals surface area contributed by atoms with E-state index in [9.17, 15) is 13.2 Å². The lowest BCUT2D eigenvalue weighted by Crippen LogP contribution is -2.09. The van der Waals surface area contributed by atoms with Gasteiger partial charge in [-0.1, -0.05) is 11.6 Å². The highest BCUT2D eigenvalue weighted by molar-refractivity contribution is 14.1. The van der Waals surface area contributed by atoms with Crippen LogP contribution in [0.5, 0.6) is 0 Å². The molecule has 0 saturated heterocycles. The second-order valence-corrected chi connectivity index (χ2v) is 3.86. The van der Waals surface area contributed by atoms with Crippen LogP contribution in [0.15, 0.2) is 12.1 Å². The molecule has 1 rings (SSSR count). The van der Waals surface area contributed by atoms with Crippen molar-refractivity contribution in [2.75, 3.05) is 5.73 Å². The molecule has 0 spiro atoms. The summed E-state index contributed by atoms with van der Waals surface area (Å²) in [5.74, 6) is 0. The van der Waals surface area contributed by atoms with Crippen molar-refractivity contribution in [2.45, 2.75) is 6.18 Å². The number of anilines is 1. The highest BCUT2D eigenvalue weighted by Crippen LogP contribution is 2.38. The summed E-state index contributed by atoms with van der Waals surface area (Å²) >= 11 is 7.37. The van der Waals surface area contributed by atoms with Gasteiger partial charge in [-0.2, -0.15) is 13.2 Å². The van der Waals surface area contributed by atoms with Gasteiger partial charge in [-0.3, -0.25) is 0 Å². The molecule has 0 heterocycles. The maximum absolute atomic E-state index is 12.2. The highest BCUT2D eigenvalue weighted by atomic mass is 127. The van der Waals surface area contributed by atoms with E-state index in [0.29, 0.717) is 3.57 Å². The number of hydrogen-bond donors (Lipinski definition) is 1. The van der Waals surface area contributed by atoms with Crippen LogP contribution in [0.1, 0.15) is 5.56 Å². The molecule has 0 saturated carbocycles. The zero-order valence-corrected chi connectivity index (χ0v) is 9.04. The molecule has 0 fully saturated rings. The molecule has 0 aliphatic rings. The lowest BCUT2D eigenvalue weighted by atomic mass is 10.2. The molecule has 0 atom stereocenters. The Morgan fingerprint density at radius 2 is 1.85 bits per heavy atom. The van der Waals surface area contributed by atoms with Crippen LogP contribution in [-0.2, 0) is 6.18 Å². The van der Waals surface area contributed by atoms with Gasteiger partial charge >= 0.3 is 6.18 Å². The average molecular weight is 321 g/mol. The largest absolute Gasteiger partial charge is 0.418 e. The summed E-state index contributed by atoms with van der Waals surface area (Å²) in [5.41, 5.74) is 3.91. The van der Waals surface area contributed by atoms with E-state index in [0.717, 1.165) is 6.07 Å². The third kappa shape index (κ3) is 2.19. The first kappa shape index (κ1) is 10.9. The Morgan fingerprint density at radius 1 is 1.31 bits per heavy atom. The molecular formula is C7H4ClF3IN. The predicted octanol–water partition coefficient (Wildman–Crippen LogP) is 3.55. The molecule has 0 amide bonds. The van der Waals surface area contributed by atoms with E-state index in [1.54, 1.807) is 0 Å². The zero-order chi connectivity index (χ0) is 10.2. The second kappa shape index (κ2) is 3.53. The molecular weight excluding hydrogens is 317 g/mol. The van der Waals surface area contributed by atoms with Gasteiger partial charge in [0.25, 0.3) is 0 Å². The van der Waals surface area contributed by atoms with Crippen molar-refractivity contribution in [3.05, 3.63) is 26.3 Å². The Balaban J connectivity index is 3.35. The summed E-state index contributed by atoms with van der Waals surface area (Å²) in [5, 5.41) is -0.0459. The number of nitrogens with two attached hydrogens (primary N) is 1. The molecule has 0 aliphatic carbocycles. The van der Waals surface area contributed by atoms with Crippen LogP contribution in [0, 0.1) is 3.57 Å². The van der Waals surface area contributed by atoms with Crippen LogP contribution in [0.2, 0.25) is 5.02 Å². The fourth-order valence-electron chi connectivity index (χ4n) is 0.814. The molecule has 2 N–H and O–H groups in total. The molecule has 1 aromatic rings. The summed E-state index contributed by atoms with van der Waals surface area (Å²) in [4.78, 5) is 0. The summed E-state index contributed by atoms with van der Waals surface area (Å²) < 4.78 is 37.2. The van der Waals surface area contributed by atoms with Gasteiger partial charge in [-0.05, 0) is 34.7 Å². The van der Waals surface area contributed by atoms with Crippen molar-refractivity contribution in [2.24, 2.45) is 0 Å². The second-order valence-electron chi connectivity index (χ2n) is 2.32. The Bertz CT molecular complexity index is 337. The first-order valence-corrected chi connectivity index (χ1v) is 4.60. The third-order valence-electron chi connectivity index (χ3n) is 1.44. The third-order valence-corrected chi connectivity index (χ3v) is 3.06. The number of halogens is 5. The highest BCUT2D eigenvalue weighted by Gasteiger charge is 2.33. The van der Waals surface area contributed by atoms with E-state index >= 15 is 0 Å². The first-order chi connectivity index (χ1) is 5.84. The van der Waals surface area contributed by atoms with Gasteiger partial charge in [0.05, 0.1) is 16.3 Å². The predicted molar refractivity (Wildman–Crippen MR) is 53.6 cm³/mol. The van der Waals surface area contributed by atoms with Crippen molar-refractivity contribution in [3.8, 4) is 0 Å². The monoisotopic (exact) mass is 321 g/mol. The van der Waals surface area contributed by atoms with Crippen molar-refractivity contribution in [3.63, 3.8) is 0 Å². The smallest absolute Gasteiger partial charge is 0.397 e. The van der Waals surface area contributed by atoms with E-state index in [1.165, 1.54) is 6.07 Å². The van der Waals surface area contributed by atoms with Crippen LogP contribution in [0.3, 0.4) is 0 Å². The maximum atomic E-state index is 12.2. The zero-order valence-electron chi connectivity index (χ0n) is 6.12. The molecule has 0 bridgehead atoms. The minimum atomic E-state index is -4.45. The van der Waals surface area contributed by atoms with Crippen molar-refractivity contribution in [1.29, 1.82) is 0 Å². The van der Waals surface area contributed by atoms with E-state index in [2.05, 4.69) is 0 Å². The quantitative estimate of drug-likeness (QED) is 0.574. The topological polar surface area (TPSA) is 26.0 Å². The van der Waals surface area contributed by atoms with Crippen LogP contribution in [0.4, 0.5) is 18.9 Å². The SMILES string of the molecule is Nc1c(C(F)(F)F)ccc(I)c1Cl. The molecule has 1 aromatic carbocycles. The van der Waals surface area contributed by atoms with E-state index < -0.39 is 17.4 Å². The van der Waals surface area contributed by atoms with E-state index in [4.69, 9.17) is 17.3 Å². The van der Waals surface area contributed by atoms with Crippen molar-refractivity contribution < 1.29 is 13.2 Å². The summed E-state index contributed by atoms with van der Waals surface area (Å²) in [7, 11) is 0. The molecule has 6 heteroatoms. The summed E-state index contributed by atoms with van der Waals surface area (Å²) in [6.45, 7) is 0. The Labute approximate surface area is 91.2 Å². The molecule has 0 radical (unpaired) electrons. The van der Waals surface area contributed by atoms with E-state index in [1.807, 2.05) is 22.6 Å². The lowest BCUT2D eigenvalue weighted by Gasteiger charge is -2.11. The number of nitrogen functional groups attached to an aromatic ring is 1. The molecule has 0 unspecified atom stereocenters. The Kier molecular flexibility index (Phi) is 2.96. The molecule has 13 heavy (non-hydrogen) atoms. The normalized spacial score (nSPS) is 11.8. The Morgan fingerprint density at radius 3 is 2.31 bits per heavy atom. The lowest BCUT2D eigenvalue weighted by molar-refractivity contribution is -0.136. The van der Waals surface area contributed by atoms with Crippen LogP contribution in [0.25, 0.3) is 0 Å².